The molecule has 2 aromatic heterocycles. The van der Waals surface area contributed by atoms with E-state index in [1.54, 1.807) is 6.20 Å². The first-order valence-electron chi connectivity index (χ1n) is 9.39. The van der Waals surface area contributed by atoms with Gasteiger partial charge in [-0.25, -0.2) is 9.97 Å². The summed E-state index contributed by atoms with van der Waals surface area (Å²) in [5.41, 5.74) is 3.98. The molecule has 1 aromatic carbocycles. The van der Waals surface area contributed by atoms with E-state index in [9.17, 15) is 4.79 Å². The maximum atomic E-state index is 11.8. The van der Waals surface area contributed by atoms with Crippen molar-refractivity contribution in [3.8, 4) is 11.4 Å². The summed E-state index contributed by atoms with van der Waals surface area (Å²) in [5, 5.41) is 3.42. The van der Waals surface area contributed by atoms with E-state index >= 15 is 0 Å². The second kappa shape index (κ2) is 8.16. The van der Waals surface area contributed by atoms with Crippen LogP contribution < -0.4 is 10.9 Å². The van der Waals surface area contributed by atoms with Crippen LogP contribution in [0, 0.1) is 0 Å². The molecular formula is C22H26N4O. The normalized spacial score (nSPS) is 12.2. The van der Waals surface area contributed by atoms with Crippen LogP contribution in [0.15, 0.2) is 53.5 Å². The van der Waals surface area contributed by atoms with E-state index in [4.69, 9.17) is 0 Å². The number of hydrogen-bond acceptors (Lipinski definition) is 4. The molecule has 0 saturated carbocycles. The molecule has 1 unspecified atom stereocenters. The van der Waals surface area contributed by atoms with Crippen molar-refractivity contribution in [1.29, 1.82) is 0 Å². The van der Waals surface area contributed by atoms with E-state index in [1.807, 2.05) is 19.1 Å². The largest absolute Gasteiger partial charge is 0.364 e. The molecule has 0 saturated heterocycles. The first kappa shape index (κ1) is 18.8. The second-order valence-corrected chi connectivity index (χ2v) is 7.06. The summed E-state index contributed by atoms with van der Waals surface area (Å²) in [4.78, 5) is 23.5. The minimum atomic E-state index is -0.141. The van der Waals surface area contributed by atoms with Gasteiger partial charge in [0, 0.05) is 29.6 Å². The molecule has 0 aliphatic rings. The fraction of sp³-hybridized carbons (Fsp3) is 0.318. The van der Waals surface area contributed by atoms with E-state index in [-0.39, 0.29) is 11.6 Å². The van der Waals surface area contributed by atoms with Gasteiger partial charge in [-0.15, -0.1) is 0 Å². The molecular weight excluding hydrogens is 336 g/mol. The van der Waals surface area contributed by atoms with E-state index in [0.29, 0.717) is 11.7 Å². The van der Waals surface area contributed by atoms with Crippen LogP contribution in [0.3, 0.4) is 0 Å². The summed E-state index contributed by atoms with van der Waals surface area (Å²) in [7, 11) is 0. The van der Waals surface area contributed by atoms with Gasteiger partial charge in [0.05, 0.1) is 0 Å². The average molecular weight is 362 g/mol. The zero-order valence-electron chi connectivity index (χ0n) is 16.3. The smallest absolute Gasteiger partial charge is 0.251 e. The van der Waals surface area contributed by atoms with Crippen LogP contribution in [-0.2, 0) is 6.42 Å². The predicted octanol–water partition coefficient (Wildman–Crippen LogP) is 4.69. The summed E-state index contributed by atoms with van der Waals surface area (Å²) < 4.78 is 0. The first-order chi connectivity index (χ1) is 13.0. The van der Waals surface area contributed by atoms with Crippen LogP contribution in [0.5, 0.6) is 0 Å². The number of nitrogens with one attached hydrogen (secondary N) is 2. The van der Waals surface area contributed by atoms with Gasteiger partial charge in [-0.05, 0) is 42.5 Å². The Hall–Kier alpha value is -2.95. The number of aromatic nitrogens is 3. The summed E-state index contributed by atoms with van der Waals surface area (Å²) in [6.45, 7) is 8.48. The summed E-state index contributed by atoms with van der Waals surface area (Å²) in [6.07, 6.45) is 2.45. The van der Waals surface area contributed by atoms with Crippen molar-refractivity contribution in [1.82, 2.24) is 15.0 Å². The number of benzene rings is 1. The van der Waals surface area contributed by atoms with Gasteiger partial charge in [0.15, 0.2) is 0 Å². The third kappa shape index (κ3) is 4.61. The lowest BCUT2D eigenvalue weighted by atomic mass is 9.99. The number of aryl methyl sites for hydroxylation is 1. The molecule has 0 aliphatic heterocycles. The quantitative estimate of drug-likeness (QED) is 0.667. The Morgan fingerprint density at radius 3 is 2.33 bits per heavy atom. The van der Waals surface area contributed by atoms with Crippen LogP contribution in [0.1, 0.15) is 56.5 Å². The molecule has 3 aromatic rings. The van der Waals surface area contributed by atoms with Crippen molar-refractivity contribution in [2.24, 2.45) is 0 Å². The van der Waals surface area contributed by atoms with Gasteiger partial charge < -0.3 is 10.3 Å². The maximum Gasteiger partial charge on any atom is 0.251 e. The van der Waals surface area contributed by atoms with E-state index < -0.39 is 0 Å². The topological polar surface area (TPSA) is 70.7 Å². The Balaban J connectivity index is 1.73. The highest BCUT2D eigenvalue weighted by molar-refractivity contribution is 5.56. The molecule has 0 radical (unpaired) electrons. The summed E-state index contributed by atoms with van der Waals surface area (Å²) in [5.74, 6) is 1.87. The Morgan fingerprint density at radius 1 is 1.04 bits per heavy atom. The lowest BCUT2D eigenvalue weighted by molar-refractivity contribution is 0.849. The Morgan fingerprint density at radius 2 is 1.74 bits per heavy atom. The number of nitrogens with zero attached hydrogens (tertiary/aromatic N) is 2. The number of aromatic amines is 1. The van der Waals surface area contributed by atoms with E-state index in [2.05, 4.69) is 65.3 Å². The van der Waals surface area contributed by atoms with Crippen LogP contribution in [0.4, 0.5) is 5.82 Å². The Labute approximate surface area is 159 Å². The molecule has 140 valence electrons. The summed E-state index contributed by atoms with van der Waals surface area (Å²) in [6, 6.07) is 14.2. The summed E-state index contributed by atoms with van der Waals surface area (Å²) >= 11 is 0. The van der Waals surface area contributed by atoms with Crippen LogP contribution >= 0.6 is 0 Å². The molecule has 27 heavy (non-hydrogen) atoms. The highest BCUT2D eigenvalue weighted by Gasteiger charge is 2.09. The van der Waals surface area contributed by atoms with Gasteiger partial charge in [-0.1, -0.05) is 45.0 Å². The molecule has 0 spiro atoms. The highest BCUT2D eigenvalue weighted by Crippen LogP contribution is 2.22. The van der Waals surface area contributed by atoms with E-state index in [0.717, 1.165) is 23.5 Å². The highest BCUT2D eigenvalue weighted by atomic mass is 16.1. The molecule has 3 rings (SSSR count). The van der Waals surface area contributed by atoms with Crippen molar-refractivity contribution in [3.05, 3.63) is 75.8 Å². The zero-order valence-corrected chi connectivity index (χ0v) is 16.3. The Bertz CT molecular complexity index is 943. The molecule has 5 nitrogen and oxygen atoms in total. The number of hydrogen-bond donors (Lipinski definition) is 2. The average Bonchev–Trinajstić information content (AvgIpc) is 2.68. The Kier molecular flexibility index (Phi) is 5.69. The fourth-order valence-corrected chi connectivity index (χ4v) is 2.92. The van der Waals surface area contributed by atoms with Gasteiger partial charge in [0.2, 0.25) is 0 Å². The van der Waals surface area contributed by atoms with Crippen molar-refractivity contribution in [3.63, 3.8) is 0 Å². The molecule has 5 heteroatoms. The van der Waals surface area contributed by atoms with Gasteiger partial charge in [-0.2, -0.15) is 0 Å². The van der Waals surface area contributed by atoms with Crippen molar-refractivity contribution in [2.45, 2.75) is 46.1 Å². The van der Waals surface area contributed by atoms with Gasteiger partial charge in [0.1, 0.15) is 11.6 Å². The number of pyridine rings is 1. The lowest BCUT2D eigenvalue weighted by Gasteiger charge is -2.16. The van der Waals surface area contributed by atoms with Crippen LogP contribution in [0.2, 0.25) is 0 Å². The molecule has 0 amide bonds. The standard InChI is InChI=1S/C22H26N4O/c1-5-19-12-21(27)26-22(25-19)18-10-11-20(23-13-18)24-15(4)17-8-6-16(7-9-17)14(2)3/h6-15H,5H2,1-4H3,(H,23,24)(H,25,26,27). The van der Waals surface area contributed by atoms with Crippen molar-refractivity contribution >= 4 is 5.82 Å². The minimum Gasteiger partial charge on any atom is -0.364 e. The van der Waals surface area contributed by atoms with Crippen LogP contribution in [0.25, 0.3) is 11.4 Å². The molecule has 2 N–H and O–H groups in total. The monoisotopic (exact) mass is 362 g/mol. The minimum absolute atomic E-state index is 0.141. The zero-order chi connectivity index (χ0) is 19.4. The predicted molar refractivity (Wildman–Crippen MR) is 110 cm³/mol. The number of rotatable bonds is 6. The molecule has 0 fully saturated rings. The molecule has 0 bridgehead atoms. The van der Waals surface area contributed by atoms with Gasteiger partial charge in [0.25, 0.3) is 5.56 Å². The van der Waals surface area contributed by atoms with Gasteiger partial charge >= 0.3 is 0 Å². The SMILES string of the molecule is CCc1cc(=O)[nH]c(-c2ccc(NC(C)c3ccc(C(C)C)cc3)nc2)n1. The maximum absolute atomic E-state index is 11.8. The molecule has 1 atom stereocenters. The third-order valence-corrected chi connectivity index (χ3v) is 4.66. The fourth-order valence-electron chi connectivity index (χ4n) is 2.92. The number of H-pyrrole nitrogens is 1. The third-order valence-electron chi connectivity index (χ3n) is 4.66. The van der Waals surface area contributed by atoms with E-state index in [1.165, 1.54) is 17.2 Å². The van der Waals surface area contributed by atoms with Crippen molar-refractivity contribution in [2.75, 3.05) is 5.32 Å². The van der Waals surface area contributed by atoms with Crippen molar-refractivity contribution < 1.29 is 0 Å². The first-order valence-corrected chi connectivity index (χ1v) is 9.39. The lowest BCUT2D eigenvalue weighted by Crippen LogP contribution is -2.10. The van der Waals surface area contributed by atoms with Gasteiger partial charge in [-0.3, -0.25) is 4.79 Å². The molecule has 2 heterocycles. The molecule has 0 aliphatic carbocycles. The van der Waals surface area contributed by atoms with Crippen LogP contribution in [-0.4, -0.2) is 15.0 Å². The number of anilines is 1. The second-order valence-electron chi connectivity index (χ2n) is 7.06.